The second-order valence-electron chi connectivity index (χ2n) is 6.18. The highest BCUT2D eigenvalue weighted by molar-refractivity contribution is 6.38. The molecule has 1 aliphatic carbocycles. The number of esters is 1. The van der Waals surface area contributed by atoms with Gasteiger partial charge >= 0.3 is 5.97 Å². The van der Waals surface area contributed by atoms with Crippen LogP contribution in [0.2, 0.25) is 0 Å². The van der Waals surface area contributed by atoms with Gasteiger partial charge in [0, 0.05) is 18.4 Å². The van der Waals surface area contributed by atoms with Crippen molar-refractivity contribution in [2.24, 2.45) is 0 Å². The Hall–Kier alpha value is -2.95. The second-order valence-corrected chi connectivity index (χ2v) is 6.18. The summed E-state index contributed by atoms with van der Waals surface area (Å²) in [5, 5.41) is 0. The maximum atomic E-state index is 12.1. The van der Waals surface area contributed by atoms with Gasteiger partial charge in [0.15, 0.2) is 5.78 Å². The molecule has 0 aromatic heterocycles. The molecule has 3 rings (SSSR count). The van der Waals surface area contributed by atoms with Crippen LogP contribution >= 0.6 is 0 Å². The van der Waals surface area contributed by atoms with Gasteiger partial charge in [-0.05, 0) is 42.3 Å². The average molecular weight is 352 g/mol. The van der Waals surface area contributed by atoms with Gasteiger partial charge in [0.25, 0.3) is 0 Å². The standard InChI is InChI=1S/C21H20O5/c1-2-25-21(24)20(23)13-19(22)14-7-9-17(10-8-14)26-18-11-15-5-3-4-6-16(15)12-18/h3-10,18H,2,11-13H2,1H3. The lowest BCUT2D eigenvalue weighted by atomic mass is 10.1. The van der Waals surface area contributed by atoms with E-state index in [9.17, 15) is 14.4 Å². The second kappa shape index (κ2) is 7.95. The van der Waals surface area contributed by atoms with E-state index in [-0.39, 0.29) is 12.7 Å². The van der Waals surface area contributed by atoms with Crippen LogP contribution in [0.3, 0.4) is 0 Å². The van der Waals surface area contributed by atoms with Crippen molar-refractivity contribution in [3.8, 4) is 5.75 Å². The summed E-state index contributed by atoms with van der Waals surface area (Å²) < 4.78 is 10.6. The lowest BCUT2D eigenvalue weighted by Crippen LogP contribution is -2.20. The average Bonchev–Trinajstić information content (AvgIpc) is 3.04. The molecule has 26 heavy (non-hydrogen) atoms. The van der Waals surface area contributed by atoms with Crippen molar-refractivity contribution in [2.45, 2.75) is 32.3 Å². The molecule has 5 nitrogen and oxygen atoms in total. The smallest absolute Gasteiger partial charge is 0.375 e. The van der Waals surface area contributed by atoms with Crippen LogP contribution in [0.5, 0.6) is 5.75 Å². The summed E-state index contributed by atoms with van der Waals surface area (Å²) in [5.74, 6) is -1.54. The van der Waals surface area contributed by atoms with Crippen molar-refractivity contribution in [1.82, 2.24) is 0 Å². The molecule has 0 fully saturated rings. The zero-order valence-electron chi connectivity index (χ0n) is 14.6. The minimum atomic E-state index is -0.971. The molecule has 0 saturated carbocycles. The molecule has 2 aromatic rings. The van der Waals surface area contributed by atoms with Gasteiger partial charge in [0.2, 0.25) is 5.78 Å². The van der Waals surface area contributed by atoms with Crippen LogP contribution in [-0.2, 0) is 27.2 Å². The molecule has 0 radical (unpaired) electrons. The highest BCUT2D eigenvalue weighted by Crippen LogP contribution is 2.26. The van der Waals surface area contributed by atoms with Gasteiger partial charge in [0.1, 0.15) is 11.9 Å². The molecule has 134 valence electrons. The molecule has 0 saturated heterocycles. The first-order chi connectivity index (χ1) is 12.6. The first kappa shape index (κ1) is 17.9. The van der Waals surface area contributed by atoms with Gasteiger partial charge in [-0.25, -0.2) is 4.79 Å². The van der Waals surface area contributed by atoms with Crippen LogP contribution in [-0.4, -0.2) is 30.2 Å². The summed E-state index contributed by atoms with van der Waals surface area (Å²) in [4.78, 5) is 35.0. The van der Waals surface area contributed by atoms with Crippen LogP contribution in [0.25, 0.3) is 0 Å². The Labute approximate surface area is 151 Å². The molecule has 0 bridgehead atoms. The van der Waals surface area contributed by atoms with Gasteiger partial charge in [0.05, 0.1) is 13.0 Å². The molecular formula is C21H20O5. The van der Waals surface area contributed by atoms with Crippen LogP contribution in [0.15, 0.2) is 48.5 Å². The molecule has 0 spiro atoms. The first-order valence-electron chi connectivity index (χ1n) is 8.63. The zero-order valence-corrected chi connectivity index (χ0v) is 14.6. The molecular weight excluding hydrogens is 332 g/mol. The van der Waals surface area contributed by atoms with E-state index in [1.165, 1.54) is 11.1 Å². The van der Waals surface area contributed by atoms with Crippen molar-refractivity contribution >= 4 is 17.5 Å². The third-order valence-corrected chi connectivity index (χ3v) is 4.32. The van der Waals surface area contributed by atoms with E-state index in [1.807, 2.05) is 12.1 Å². The summed E-state index contributed by atoms with van der Waals surface area (Å²) >= 11 is 0. The summed E-state index contributed by atoms with van der Waals surface area (Å²) in [6.07, 6.45) is 1.33. The fraction of sp³-hybridized carbons (Fsp3) is 0.286. The fourth-order valence-corrected chi connectivity index (χ4v) is 3.05. The Bertz CT molecular complexity index is 798. The predicted molar refractivity (Wildman–Crippen MR) is 95.3 cm³/mol. The number of hydrogen-bond acceptors (Lipinski definition) is 5. The summed E-state index contributed by atoms with van der Waals surface area (Å²) in [6, 6.07) is 14.9. The van der Waals surface area contributed by atoms with E-state index in [4.69, 9.17) is 4.74 Å². The number of fused-ring (bicyclic) bond motifs is 1. The minimum absolute atomic E-state index is 0.0827. The SMILES string of the molecule is CCOC(=O)C(=O)CC(=O)c1ccc(OC2Cc3ccccc3C2)cc1. The molecule has 0 N–H and O–H groups in total. The third kappa shape index (κ3) is 4.17. The van der Waals surface area contributed by atoms with Gasteiger partial charge < -0.3 is 9.47 Å². The Balaban J connectivity index is 1.56. The number of hydrogen-bond donors (Lipinski definition) is 0. The van der Waals surface area contributed by atoms with Crippen molar-refractivity contribution in [3.63, 3.8) is 0 Å². The zero-order chi connectivity index (χ0) is 18.5. The van der Waals surface area contributed by atoms with Crippen molar-refractivity contribution in [2.75, 3.05) is 6.61 Å². The Morgan fingerprint density at radius 3 is 2.15 bits per heavy atom. The summed E-state index contributed by atoms with van der Waals surface area (Å²) in [6.45, 7) is 1.71. The predicted octanol–water partition coefficient (Wildman–Crippen LogP) is 2.94. The Morgan fingerprint density at radius 1 is 0.962 bits per heavy atom. The van der Waals surface area contributed by atoms with Crippen LogP contribution in [0, 0.1) is 0 Å². The number of carbonyl (C=O) groups excluding carboxylic acids is 3. The van der Waals surface area contributed by atoms with Crippen molar-refractivity contribution in [3.05, 3.63) is 65.2 Å². The Kier molecular flexibility index (Phi) is 5.46. The monoisotopic (exact) mass is 352 g/mol. The van der Waals surface area contributed by atoms with E-state index < -0.39 is 24.0 Å². The molecule has 0 heterocycles. The molecule has 5 heteroatoms. The molecule has 2 aromatic carbocycles. The highest BCUT2D eigenvalue weighted by atomic mass is 16.5. The van der Waals surface area contributed by atoms with Crippen molar-refractivity contribution < 1.29 is 23.9 Å². The number of Topliss-reactive ketones (excluding diaryl/α,β-unsaturated/α-hetero) is 2. The maximum Gasteiger partial charge on any atom is 0.375 e. The topological polar surface area (TPSA) is 69.7 Å². The maximum absolute atomic E-state index is 12.1. The largest absolute Gasteiger partial charge is 0.490 e. The van der Waals surface area contributed by atoms with Crippen molar-refractivity contribution in [1.29, 1.82) is 0 Å². The van der Waals surface area contributed by atoms with Gasteiger partial charge in [-0.2, -0.15) is 0 Å². The molecule has 0 atom stereocenters. The summed E-state index contributed by atoms with van der Waals surface area (Å²) in [5.41, 5.74) is 2.98. The number of ketones is 2. The lowest BCUT2D eigenvalue weighted by molar-refractivity contribution is -0.153. The number of benzene rings is 2. The van der Waals surface area contributed by atoms with Gasteiger partial charge in [-0.3, -0.25) is 9.59 Å². The van der Waals surface area contributed by atoms with Crippen LogP contribution in [0.1, 0.15) is 34.8 Å². The minimum Gasteiger partial charge on any atom is -0.490 e. The fourth-order valence-electron chi connectivity index (χ4n) is 3.05. The van der Waals surface area contributed by atoms with E-state index in [0.29, 0.717) is 11.3 Å². The summed E-state index contributed by atoms with van der Waals surface area (Å²) in [7, 11) is 0. The quantitative estimate of drug-likeness (QED) is 0.332. The number of rotatable bonds is 7. The first-order valence-corrected chi connectivity index (χ1v) is 8.63. The highest BCUT2D eigenvalue weighted by Gasteiger charge is 2.23. The number of carbonyl (C=O) groups is 3. The van der Waals surface area contributed by atoms with E-state index in [1.54, 1.807) is 31.2 Å². The van der Waals surface area contributed by atoms with E-state index in [2.05, 4.69) is 16.9 Å². The van der Waals surface area contributed by atoms with Gasteiger partial charge in [-0.15, -0.1) is 0 Å². The van der Waals surface area contributed by atoms with Gasteiger partial charge in [-0.1, -0.05) is 24.3 Å². The normalized spacial score (nSPS) is 13.1. The lowest BCUT2D eigenvalue weighted by Gasteiger charge is -2.13. The molecule has 0 amide bonds. The Morgan fingerprint density at radius 2 is 1.58 bits per heavy atom. The third-order valence-electron chi connectivity index (χ3n) is 4.32. The van der Waals surface area contributed by atoms with E-state index >= 15 is 0 Å². The molecule has 0 aliphatic heterocycles. The van der Waals surface area contributed by atoms with Crippen LogP contribution < -0.4 is 4.74 Å². The van der Waals surface area contributed by atoms with E-state index in [0.717, 1.165) is 12.8 Å². The molecule has 1 aliphatic rings. The molecule has 0 unspecified atom stereocenters. The van der Waals surface area contributed by atoms with Crippen LogP contribution in [0.4, 0.5) is 0 Å². The number of ether oxygens (including phenoxy) is 2.